The second-order valence-electron chi connectivity index (χ2n) is 4.77. The number of aromatic nitrogens is 1. The highest BCUT2D eigenvalue weighted by molar-refractivity contribution is 5.96. The molecule has 2 aromatic rings. The third-order valence-corrected chi connectivity index (χ3v) is 3.57. The van der Waals surface area contributed by atoms with Gasteiger partial charge in [0.1, 0.15) is 6.07 Å². The summed E-state index contributed by atoms with van der Waals surface area (Å²) in [5.74, 6) is -0.959. The number of carboxylic acid groups (broad SMARTS) is 1. The van der Waals surface area contributed by atoms with Gasteiger partial charge in [-0.2, -0.15) is 5.26 Å². The molecular formula is C15H13N3O3. The zero-order valence-corrected chi connectivity index (χ0v) is 11.2. The molecule has 0 aliphatic carbocycles. The van der Waals surface area contributed by atoms with Crippen molar-refractivity contribution in [1.29, 1.82) is 5.26 Å². The summed E-state index contributed by atoms with van der Waals surface area (Å²) in [6.45, 7) is 0.974. The lowest BCUT2D eigenvalue weighted by atomic mass is 10.1. The minimum atomic E-state index is -0.959. The lowest BCUT2D eigenvalue weighted by molar-refractivity contribution is -0.141. The summed E-state index contributed by atoms with van der Waals surface area (Å²) >= 11 is 0. The van der Waals surface area contributed by atoms with E-state index in [0.717, 1.165) is 10.9 Å². The third-order valence-electron chi connectivity index (χ3n) is 3.57. The Hall–Kier alpha value is -2.65. The fourth-order valence-corrected chi connectivity index (χ4v) is 2.59. The van der Waals surface area contributed by atoms with E-state index >= 15 is 0 Å². The van der Waals surface area contributed by atoms with Crippen LogP contribution in [0.2, 0.25) is 0 Å². The van der Waals surface area contributed by atoms with Gasteiger partial charge in [0.2, 0.25) is 0 Å². The Bertz CT molecular complexity index is 739. The highest BCUT2D eigenvalue weighted by Gasteiger charge is 2.31. The highest BCUT2D eigenvalue weighted by atomic mass is 16.5. The van der Waals surface area contributed by atoms with Gasteiger partial charge in [-0.25, -0.2) is 4.79 Å². The molecule has 1 aliphatic rings. The molecule has 0 bridgehead atoms. The molecule has 0 radical (unpaired) electrons. The zero-order valence-electron chi connectivity index (χ0n) is 11.2. The molecule has 1 atom stereocenters. The number of rotatable bonds is 2. The summed E-state index contributed by atoms with van der Waals surface area (Å²) in [5, 5.41) is 19.5. The van der Waals surface area contributed by atoms with Crippen molar-refractivity contribution < 1.29 is 14.6 Å². The molecule has 21 heavy (non-hydrogen) atoms. The Kier molecular flexibility index (Phi) is 3.42. The van der Waals surface area contributed by atoms with Crippen molar-refractivity contribution in [2.75, 3.05) is 24.7 Å². The normalized spacial score (nSPS) is 18.4. The van der Waals surface area contributed by atoms with Crippen molar-refractivity contribution in [3.05, 3.63) is 36.0 Å². The molecule has 2 heterocycles. The molecule has 1 unspecified atom stereocenters. The van der Waals surface area contributed by atoms with E-state index in [1.165, 1.54) is 6.20 Å². The zero-order chi connectivity index (χ0) is 14.8. The van der Waals surface area contributed by atoms with Gasteiger partial charge in [-0.15, -0.1) is 0 Å². The first-order valence-electron chi connectivity index (χ1n) is 6.57. The van der Waals surface area contributed by atoms with E-state index in [1.54, 1.807) is 4.90 Å². The van der Waals surface area contributed by atoms with Crippen LogP contribution in [0.4, 0.5) is 5.69 Å². The number of pyridine rings is 1. The van der Waals surface area contributed by atoms with Crippen molar-refractivity contribution in [3.63, 3.8) is 0 Å². The van der Waals surface area contributed by atoms with E-state index < -0.39 is 12.0 Å². The minimum Gasteiger partial charge on any atom is -0.480 e. The van der Waals surface area contributed by atoms with E-state index in [9.17, 15) is 15.2 Å². The summed E-state index contributed by atoms with van der Waals surface area (Å²) < 4.78 is 5.26. The van der Waals surface area contributed by atoms with E-state index in [-0.39, 0.29) is 6.61 Å². The number of carbonyl (C=O) groups is 1. The molecule has 6 nitrogen and oxygen atoms in total. The molecule has 1 aromatic heterocycles. The number of hydrogen-bond donors (Lipinski definition) is 1. The Labute approximate surface area is 121 Å². The highest BCUT2D eigenvalue weighted by Crippen LogP contribution is 2.31. The standard InChI is InChI=1S/C15H13N3O3/c16-7-10-8-17-12-4-2-1-3-11(12)14(10)18-5-6-21-9-13(18)15(19)20/h1-4,8,13H,5-6,9H2,(H,19,20). The lowest BCUT2D eigenvalue weighted by Crippen LogP contribution is -2.50. The van der Waals surface area contributed by atoms with Crippen LogP contribution in [0.15, 0.2) is 30.5 Å². The lowest BCUT2D eigenvalue weighted by Gasteiger charge is -2.35. The van der Waals surface area contributed by atoms with Crippen LogP contribution in [0.1, 0.15) is 5.56 Å². The molecule has 6 heteroatoms. The summed E-state index contributed by atoms with van der Waals surface area (Å²) in [7, 11) is 0. The number of morpholine rings is 1. The van der Waals surface area contributed by atoms with Gasteiger partial charge in [0, 0.05) is 18.1 Å². The van der Waals surface area contributed by atoms with Crippen LogP contribution in [0.3, 0.4) is 0 Å². The number of nitriles is 1. The van der Waals surface area contributed by atoms with Gasteiger partial charge >= 0.3 is 5.97 Å². The minimum absolute atomic E-state index is 0.108. The number of nitrogens with zero attached hydrogens (tertiary/aromatic N) is 3. The molecule has 0 spiro atoms. The maximum absolute atomic E-state index is 11.5. The summed E-state index contributed by atoms with van der Waals surface area (Å²) in [6, 6.07) is 8.72. The summed E-state index contributed by atoms with van der Waals surface area (Å²) in [6.07, 6.45) is 1.49. The van der Waals surface area contributed by atoms with Crippen LogP contribution in [-0.2, 0) is 9.53 Å². The average molecular weight is 283 g/mol. The molecule has 1 fully saturated rings. The monoisotopic (exact) mass is 283 g/mol. The number of ether oxygens (including phenoxy) is 1. The molecule has 3 rings (SSSR count). The number of aliphatic carboxylic acids is 1. The van der Waals surface area contributed by atoms with Gasteiger partial charge in [0.05, 0.1) is 30.0 Å². The van der Waals surface area contributed by atoms with Crippen molar-refractivity contribution >= 4 is 22.6 Å². The third kappa shape index (κ3) is 2.28. The topological polar surface area (TPSA) is 86.5 Å². The average Bonchev–Trinajstić information content (AvgIpc) is 2.53. The van der Waals surface area contributed by atoms with Crippen LogP contribution < -0.4 is 4.90 Å². The van der Waals surface area contributed by atoms with E-state index in [4.69, 9.17) is 4.74 Å². The van der Waals surface area contributed by atoms with Crippen LogP contribution in [0, 0.1) is 11.3 Å². The Morgan fingerprint density at radius 3 is 3.05 bits per heavy atom. The van der Waals surface area contributed by atoms with Crippen LogP contribution >= 0.6 is 0 Å². The van der Waals surface area contributed by atoms with Gasteiger partial charge < -0.3 is 14.7 Å². The predicted molar refractivity (Wildman–Crippen MR) is 76.0 cm³/mol. The van der Waals surface area contributed by atoms with Gasteiger partial charge in [-0.3, -0.25) is 4.98 Å². The quantitative estimate of drug-likeness (QED) is 0.896. The fraction of sp³-hybridized carbons (Fsp3) is 0.267. The van der Waals surface area contributed by atoms with E-state index in [2.05, 4.69) is 11.1 Å². The second kappa shape index (κ2) is 5.38. The SMILES string of the molecule is N#Cc1cnc2ccccc2c1N1CCOCC1C(=O)O. The first kappa shape index (κ1) is 13.3. The number of anilines is 1. The second-order valence-corrected chi connectivity index (χ2v) is 4.77. The maximum Gasteiger partial charge on any atom is 0.328 e. The van der Waals surface area contributed by atoms with Gasteiger partial charge in [-0.05, 0) is 6.07 Å². The molecule has 0 amide bonds. The summed E-state index contributed by atoms with van der Waals surface area (Å²) in [4.78, 5) is 17.4. The number of para-hydroxylation sites is 1. The van der Waals surface area contributed by atoms with Crippen molar-refractivity contribution in [2.24, 2.45) is 0 Å². The van der Waals surface area contributed by atoms with Crippen LogP contribution in [0.25, 0.3) is 10.9 Å². The first-order valence-corrected chi connectivity index (χ1v) is 6.57. The van der Waals surface area contributed by atoms with Crippen molar-refractivity contribution in [1.82, 2.24) is 4.98 Å². The van der Waals surface area contributed by atoms with Crippen molar-refractivity contribution in [2.45, 2.75) is 6.04 Å². The smallest absolute Gasteiger partial charge is 0.328 e. The first-order chi connectivity index (χ1) is 10.2. The predicted octanol–water partition coefficient (Wildman–Crippen LogP) is 1.40. The maximum atomic E-state index is 11.5. The van der Waals surface area contributed by atoms with Crippen LogP contribution in [0.5, 0.6) is 0 Å². The van der Waals surface area contributed by atoms with E-state index in [1.807, 2.05) is 24.3 Å². The summed E-state index contributed by atoms with van der Waals surface area (Å²) in [5.41, 5.74) is 1.74. The number of benzene rings is 1. The van der Waals surface area contributed by atoms with E-state index in [0.29, 0.717) is 24.4 Å². The van der Waals surface area contributed by atoms with Gasteiger partial charge in [0.25, 0.3) is 0 Å². The molecule has 1 aromatic carbocycles. The molecule has 1 saturated heterocycles. The molecular weight excluding hydrogens is 270 g/mol. The van der Waals surface area contributed by atoms with Crippen molar-refractivity contribution in [3.8, 4) is 6.07 Å². The number of carboxylic acids is 1. The fourth-order valence-electron chi connectivity index (χ4n) is 2.59. The molecule has 1 aliphatic heterocycles. The van der Waals surface area contributed by atoms with Gasteiger partial charge in [0.15, 0.2) is 6.04 Å². The Morgan fingerprint density at radius 1 is 1.48 bits per heavy atom. The Balaban J connectivity index is 2.22. The molecule has 1 N–H and O–H groups in total. The van der Waals surface area contributed by atoms with Gasteiger partial charge in [-0.1, -0.05) is 18.2 Å². The molecule has 106 valence electrons. The van der Waals surface area contributed by atoms with Crippen LogP contribution in [-0.4, -0.2) is 41.9 Å². The largest absolute Gasteiger partial charge is 0.480 e. The number of fused-ring (bicyclic) bond motifs is 1. The number of hydrogen-bond acceptors (Lipinski definition) is 5. The Morgan fingerprint density at radius 2 is 2.29 bits per heavy atom. The molecule has 0 saturated carbocycles.